The van der Waals surface area contributed by atoms with Crippen molar-refractivity contribution >= 4 is 17.9 Å². The number of ether oxygens (including phenoxy) is 3. The van der Waals surface area contributed by atoms with Crippen molar-refractivity contribution in [3.63, 3.8) is 0 Å². The van der Waals surface area contributed by atoms with E-state index in [0.717, 1.165) is 70.6 Å². The SMILES string of the molecule is CCCCCCC/C=C\C/C=C\CCCCCCCCCCCCCCCCCC(=O)OCC(COC(=O)CCCCCCC)OC(=O)CCCCCCCCCCCCCCCCCCCCCCCCCCCCC. The molecule has 0 aromatic heterocycles. The van der Waals surface area contributed by atoms with E-state index in [1.54, 1.807) is 0 Å². The molecule has 1 atom stereocenters. The van der Waals surface area contributed by atoms with E-state index in [4.69, 9.17) is 14.2 Å². The lowest BCUT2D eigenvalue weighted by atomic mass is 10.0. The minimum Gasteiger partial charge on any atom is -0.462 e. The Morgan fingerprint density at radius 3 is 0.714 bits per heavy atom. The maximum atomic E-state index is 12.9. The fourth-order valence-electron chi connectivity index (χ4n) is 10.7. The van der Waals surface area contributed by atoms with Crippen molar-refractivity contribution in [1.29, 1.82) is 0 Å². The first-order valence-electron chi connectivity index (χ1n) is 34.8. The van der Waals surface area contributed by atoms with Crippen LogP contribution in [0.2, 0.25) is 0 Å². The molecule has 0 fully saturated rings. The van der Waals surface area contributed by atoms with E-state index >= 15 is 0 Å². The van der Waals surface area contributed by atoms with Gasteiger partial charge < -0.3 is 14.2 Å². The Kier molecular flexibility index (Phi) is 64.6. The zero-order valence-electron chi connectivity index (χ0n) is 52.3. The van der Waals surface area contributed by atoms with Crippen LogP contribution in [0.1, 0.15) is 393 Å². The number of hydrogen-bond acceptors (Lipinski definition) is 6. The summed E-state index contributed by atoms with van der Waals surface area (Å²) in [6, 6.07) is 0. The van der Waals surface area contributed by atoms with Crippen molar-refractivity contribution in [2.24, 2.45) is 0 Å². The van der Waals surface area contributed by atoms with Gasteiger partial charge in [0.2, 0.25) is 0 Å². The summed E-state index contributed by atoms with van der Waals surface area (Å²) in [6.07, 6.45) is 81.2. The van der Waals surface area contributed by atoms with Gasteiger partial charge in [-0.2, -0.15) is 0 Å². The van der Waals surface area contributed by atoms with E-state index in [1.165, 1.54) is 283 Å². The molecule has 1 unspecified atom stereocenters. The number of unbranched alkanes of at least 4 members (excludes halogenated alkanes) is 50. The van der Waals surface area contributed by atoms with Gasteiger partial charge >= 0.3 is 17.9 Å². The summed E-state index contributed by atoms with van der Waals surface area (Å²) in [5, 5.41) is 0. The molecule has 0 spiro atoms. The normalized spacial score (nSPS) is 12.1. The molecule has 0 rings (SSSR count). The molecule has 0 N–H and O–H groups in total. The highest BCUT2D eigenvalue weighted by atomic mass is 16.6. The van der Waals surface area contributed by atoms with Gasteiger partial charge in [0.1, 0.15) is 13.2 Å². The van der Waals surface area contributed by atoms with Gasteiger partial charge in [0.05, 0.1) is 0 Å². The van der Waals surface area contributed by atoms with E-state index in [9.17, 15) is 14.4 Å². The van der Waals surface area contributed by atoms with E-state index < -0.39 is 6.10 Å². The molecule has 0 aromatic rings. The number of carbonyl (C=O) groups is 3. The maximum absolute atomic E-state index is 12.9. The Labute approximate surface area is 481 Å². The third-order valence-corrected chi connectivity index (χ3v) is 16.0. The molecule has 0 aliphatic rings. The van der Waals surface area contributed by atoms with E-state index in [1.807, 2.05) is 0 Å². The zero-order chi connectivity index (χ0) is 55.7. The fraction of sp³-hybridized carbons (Fsp3) is 0.901. The first-order valence-corrected chi connectivity index (χ1v) is 34.8. The van der Waals surface area contributed by atoms with Crippen molar-refractivity contribution in [2.45, 2.75) is 399 Å². The van der Waals surface area contributed by atoms with Crippen LogP contribution in [-0.4, -0.2) is 37.2 Å². The average molecular weight is 1080 g/mol. The van der Waals surface area contributed by atoms with Crippen molar-refractivity contribution in [1.82, 2.24) is 0 Å². The first-order chi connectivity index (χ1) is 38.0. The largest absolute Gasteiger partial charge is 0.462 e. The second kappa shape index (κ2) is 66.4. The molecular weight excluding hydrogens is 949 g/mol. The Balaban J connectivity index is 3.93. The highest BCUT2D eigenvalue weighted by Gasteiger charge is 2.19. The lowest BCUT2D eigenvalue weighted by Crippen LogP contribution is -2.30. The van der Waals surface area contributed by atoms with Crippen molar-refractivity contribution in [2.75, 3.05) is 13.2 Å². The predicted molar refractivity (Wildman–Crippen MR) is 335 cm³/mol. The molecule has 0 saturated heterocycles. The summed E-state index contributed by atoms with van der Waals surface area (Å²) in [6.45, 7) is 6.62. The van der Waals surface area contributed by atoms with Crippen LogP contribution in [0.5, 0.6) is 0 Å². The second-order valence-electron chi connectivity index (χ2n) is 23.8. The smallest absolute Gasteiger partial charge is 0.306 e. The summed E-state index contributed by atoms with van der Waals surface area (Å²) in [5.74, 6) is -0.853. The molecule has 454 valence electrons. The molecule has 0 amide bonds. The average Bonchev–Trinajstić information content (AvgIpc) is 3.43. The minimum absolute atomic E-state index is 0.0659. The lowest BCUT2D eigenvalue weighted by Gasteiger charge is -2.18. The van der Waals surface area contributed by atoms with Crippen LogP contribution in [0.4, 0.5) is 0 Å². The van der Waals surface area contributed by atoms with Gasteiger partial charge in [-0.1, -0.05) is 347 Å². The number of rotatable bonds is 65. The molecule has 0 aliphatic carbocycles. The first kappa shape index (κ1) is 74.9. The Morgan fingerprint density at radius 1 is 0.260 bits per heavy atom. The van der Waals surface area contributed by atoms with Gasteiger partial charge in [0.15, 0.2) is 6.10 Å². The highest BCUT2D eigenvalue weighted by Crippen LogP contribution is 2.19. The maximum Gasteiger partial charge on any atom is 0.306 e. The number of hydrogen-bond donors (Lipinski definition) is 0. The van der Waals surface area contributed by atoms with E-state index in [0.29, 0.717) is 19.3 Å². The van der Waals surface area contributed by atoms with Crippen LogP contribution in [0.3, 0.4) is 0 Å². The lowest BCUT2D eigenvalue weighted by molar-refractivity contribution is -0.167. The highest BCUT2D eigenvalue weighted by molar-refractivity contribution is 5.71. The quantitative estimate of drug-likeness (QED) is 0.0261. The van der Waals surface area contributed by atoms with E-state index in [-0.39, 0.29) is 31.1 Å². The second-order valence-corrected chi connectivity index (χ2v) is 23.8. The Hall–Kier alpha value is -2.11. The topological polar surface area (TPSA) is 78.9 Å². The standard InChI is InChI=1S/C71H134O6/c1-4-7-10-13-15-17-19-21-23-25-27-29-31-33-35-37-39-41-43-45-47-49-51-53-55-58-61-64-70(73)76-67-68(66-75-69(72)63-60-57-12-9-6-3)77-71(74)65-62-59-56-54-52-50-48-46-44-42-40-38-36-34-32-30-28-26-24-22-20-18-16-14-11-8-5-2/h19,21,25,27,68H,4-18,20,22-24,26,28-67H2,1-3H3/b21-19-,27-25-. The number of esters is 3. The molecule has 6 heteroatoms. The minimum atomic E-state index is -0.764. The molecule has 0 aliphatic heterocycles. The molecule has 0 heterocycles. The molecule has 0 bridgehead atoms. The molecular formula is C71H134O6. The van der Waals surface area contributed by atoms with Crippen LogP contribution in [0, 0.1) is 0 Å². The monoisotopic (exact) mass is 1080 g/mol. The van der Waals surface area contributed by atoms with Crippen LogP contribution in [0.15, 0.2) is 24.3 Å². The van der Waals surface area contributed by atoms with E-state index in [2.05, 4.69) is 45.1 Å². The number of allylic oxidation sites excluding steroid dienone is 4. The van der Waals surface area contributed by atoms with Gasteiger partial charge in [-0.05, 0) is 51.4 Å². The Morgan fingerprint density at radius 2 is 0.468 bits per heavy atom. The summed E-state index contributed by atoms with van der Waals surface area (Å²) in [4.78, 5) is 38.0. The van der Waals surface area contributed by atoms with Gasteiger partial charge in [-0.3, -0.25) is 14.4 Å². The predicted octanol–water partition coefficient (Wildman–Crippen LogP) is 23.8. The van der Waals surface area contributed by atoms with Gasteiger partial charge in [0, 0.05) is 19.3 Å². The summed E-state index contributed by atoms with van der Waals surface area (Å²) < 4.78 is 16.8. The molecule has 0 aromatic carbocycles. The van der Waals surface area contributed by atoms with Crippen molar-refractivity contribution in [3.05, 3.63) is 24.3 Å². The van der Waals surface area contributed by atoms with Crippen LogP contribution in [-0.2, 0) is 28.6 Å². The fourth-order valence-corrected chi connectivity index (χ4v) is 10.7. The number of carbonyl (C=O) groups excluding carboxylic acids is 3. The van der Waals surface area contributed by atoms with Gasteiger partial charge in [0.25, 0.3) is 0 Å². The van der Waals surface area contributed by atoms with Crippen LogP contribution in [0.25, 0.3) is 0 Å². The Bertz CT molecular complexity index is 1240. The third kappa shape index (κ3) is 64.6. The molecule has 77 heavy (non-hydrogen) atoms. The van der Waals surface area contributed by atoms with Crippen molar-refractivity contribution in [3.8, 4) is 0 Å². The van der Waals surface area contributed by atoms with Gasteiger partial charge in [-0.25, -0.2) is 0 Å². The van der Waals surface area contributed by atoms with Gasteiger partial charge in [-0.15, -0.1) is 0 Å². The summed E-state index contributed by atoms with van der Waals surface area (Å²) in [7, 11) is 0. The van der Waals surface area contributed by atoms with Crippen LogP contribution < -0.4 is 0 Å². The van der Waals surface area contributed by atoms with Crippen molar-refractivity contribution < 1.29 is 28.6 Å². The molecule has 6 nitrogen and oxygen atoms in total. The molecule has 0 saturated carbocycles. The third-order valence-electron chi connectivity index (χ3n) is 16.0. The van der Waals surface area contributed by atoms with Crippen LogP contribution >= 0.6 is 0 Å². The summed E-state index contributed by atoms with van der Waals surface area (Å²) in [5.41, 5.74) is 0. The zero-order valence-corrected chi connectivity index (χ0v) is 52.3. The summed E-state index contributed by atoms with van der Waals surface area (Å²) >= 11 is 0. The molecule has 0 radical (unpaired) electrons.